The van der Waals surface area contributed by atoms with Gasteiger partial charge in [-0.2, -0.15) is 0 Å². The van der Waals surface area contributed by atoms with Gasteiger partial charge in [0.2, 0.25) is 0 Å². The highest BCUT2D eigenvalue weighted by atomic mass is 32.2. The van der Waals surface area contributed by atoms with E-state index in [1.807, 2.05) is 12.1 Å². The summed E-state index contributed by atoms with van der Waals surface area (Å²) < 4.78 is 34.2. The Balaban J connectivity index is 1.74. The molecule has 0 saturated heterocycles. The molecule has 0 aliphatic heterocycles. The molecule has 0 saturated carbocycles. The molecule has 30 heavy (non-hydrogen) atoms. The topological polar surface area (TPSA) is 94.6 Å². The van der Waals surface area contributed by atoms with Gasteiger partial charge in [-0.05, 0) is 47.5 Å². The van der Waals surface area contributed by atoms with Crippen molar-refractivity contribution >= 4 is 21.4 Å². The van der Waals surface area contributed by atoms with E-state index in [9.17, 15) is 13.2 Å². The number of sulfone groups is 1. The summed E-state index contributed by atoms with van der Waals surface area (Å²) in [6, 6.07) is 15.3. The monoisotopic (exact) mass is 426 g/mol. The number of methoxy groups -OCH3 is 1. The summed E-state index contributed by atoms with van der Waals surface area (Å²) in [7, 11) is -1.65. The first-order chi connectivity index (χ1) is 14.3. The maximum absolute atomic E-state index is 12.6. The van der Waals surface area contributed by atoms with Crippen LogP contribution in [0.25, 0.3) is 0 Å². The highest BCUT2D eigenvalue weighted by molar-refractivity contribution is 7.89. The summed E-state index contributed by atoms with van der Waals surface area (Å²) in [6.07, 6.45) is 4.53. The SMILES string of the molecule is COc1ccc(NC(=O)c2cccc(CS(C)(=O)=O)c2)cc1OCc1ccncc1. The summed E-state index contributed by atoms with van der Waals surface area (Å²) in [5.41, 5.74) is 2.40. The maximum Gasteiger partial charge on any atom is 0.255 e. The lowest BCUT2D eigenvalue weighted by molar-refractivity contribution is 0.102. The Hall–Kier alpha value is -3.39. The number of nitrogens with one attached hydrogen (secondary N) is 1. The van der Waals surface area contributed by atoms with Crippen LogP contribution in [-0.4, -0.2) is 32.7 Å². The van der Waals surface area contributed by atoms with Crippen LogP contribution in [-0.2, 0) is 22.2 Å². The number of pyridine rings is 1. The lowest BCUT2D eigenvalue weighted by Crippen LogP contribution is -2.13. The van der Waals surface area contributed by atoms with Gasteiger partial charge in [-0.25, -0.2) is 8.42 Å². The van der Waals surface area contributed by atoms with E-state index in [1.165, 1.54) is 0 Å². The first kappa shape index (κ1) is 21.3. The molecule has 0 atom stereocenters. The van der Waals surface area contributed by atoms with E-state index in [-0.39, 0.29) is 11.7 Å². The van der Waals surface area contributed by atoms with Crippen molar-refractivity contribution < 1.29 is 22.7 Å². The fourth-order valence-electron chi connectivity index (χ4n) is 2.82. The largest absolute Gasteiger partial charge is 0.493 e. The van der Waals surface area contributed by atoms with Crippen LogP contribution in [0.5, 0.6) is 11.5 Å². The number of carbonyl (C=O) groups is 1. The second kappa shape index (κ2) is 9.41. The Kier molecular flexibility index (Phi) is 6.68. The average molecular weight is 426 g/mol. The number of carbonyl (C=O) groups excluding carboxylic acids is 1. The minimum atomic E-state index is -3.19. The molecule has 8 heteroatoms. The van der Waals surface area contributed by atoms with Crippen molar-refractivity contribution in [2.24, 2.45) is 0 Å². The molecule has 0 bridgehead atoms. The molecule has 1 aromatic heterocycles. The Morgan fingerprint density at radius 2 is 1.77 bits per heavy atom. The molecule has 1 heterocycles. The molecule has 0 aliphatic rings. The van der Waals surface area contributed by atoms with Gasteiger partial charge in [0.15, 0.2) is 21.3 Å². The quantitative estimate of drug-likeness (QED) is 0.593. The van der Waals surface area contributed by atoms with Gasteiger partial charge >= 0.3 is 0 Å². The summed E-state index contributed by atoms with van der Waals surface area (Å²) >= 11 is 0. The molecular weight excluding hydrogens is 404 g/mol. The van der Waals surface area contributed by atoms with Crippen LogP contribution >= 0.6 is 0 Å². The summed E-state index contributed by atoms with van der Waals surface area (Å²) in [4.78, 5) is 16.6. The fraction of sp³-hybridized carbons (Fsp3) is 0.182. The minimum Gasteiger partial charge on any atom is -0.493 e. The van der Waals surface area contributed by atoms with Gasteiger partial charge in [0.25, 0.3) is 5.91 Å². The van der Waals surface area contributed by atoms with Crippen LogP contribution < -0.4 is 14.8 Å². The molecule has 0 spiro atoms. The van der Waals surface area contributed by atoms with Crippen LogP contribution in [0.4, 0.5) is 5.69 Å². The summed E-state index contributed by atoms with van der Waals surface area (Å²) in [5.74, 6) is 0.551. The third-order valence-corrected chi connectivity index (χ3v) is 5.04. The first-order valence-corrected chi connectivity index (χ1v) is 11.2. The number of hydrogen-bond donors (Lipinski definition) is 1. The van der Waals surface area contributed by atoms with Crippen molar-refractivity contribution in [3.8, 4) is 11.5 Å². The Morgan fingerprint density at radius 1 is 1.00 bits per heavy atom. The molecular formula is C22H22N2O5S. The average Bonchev–Trinajstić information content (AvgIpc) is 2.72. The number of rotatable bonds is 8. The number of ether oxygens (including phenoxy) is 2. The number of hydrogen-bond acceptors (Lipinski definition) is 6. The number of aromatic nitrogens is 1. The van der Waals surface area contributed by atoms with Gasteiger partial charge < -0.3 is 14.8 Å². The van der Waals surface area contributed by atoms with Crippen LogP contribution in [0.15, 0.2) is 67.0 Å². The van der Waals surface area contributed by atoms with Gasteiger partial charge in [0, 0.05) is 36.0 Å². The molecule has 1 N–H and O–H groups in total. The Morgan fingerprint density at radius 3 is 2.47 bits per heavy atom. The van der Waals surface area contributed by atoms with Crippen molar-refractivity contribution in [1.82, 2.24) is 4.98 Å². The highest BCUT2D eigenvalue weighted by Crippen LogP contribution is 2.31. The predicted molar refractivity (Wildman–Crippen MR) is 115 cm³/mol. The maximum atomic E-state index is 12.6. The molecule has 3 rings (SSSR count). The number of amides is 1. The van der Waals surface area contributed by atoms with Gasteiger partial charge in [-0.3, -0.25) is 9.78 Å². The molecule has 2 aromatic carbocycles. The molecule has 1 amide bonds. The van der Waals surface area contributed by atoms with E-state index < -0.39 is 9.84 Å². The van der Waals surface area contributed by atoms with Crippen molar-refractivity contribution in [2.75, 3.05) is 18.7 Å². The zero-order valence-corrected chi connectivity index (χ0v) is 17.5. The van der Waals surface area contributed by atoms with Crippen LogP contribution in [0.1, 0.15) is 21.5 Å². The molecule has 7 nitrogen and oxygen atoms in total. The van der Waals surface area contributed by atoms with Crippen molar-refractivity contribution in [1.29, 1.82) is 0 Å². The lowest BCUT2D eigenvalue weighted by atomic mass is 10.1. The third kappa shape index (κ3) is 6.05. The fourth-order valence-corrected chi connectivity index (χ4v) is 3.60. The molecule has 0 unspecified atom stereocenters. The number of nitrogens with zero attached hydrogens (tertiary/aromatic N) is 1. The van der Waals surface area contributed by atoms with Crippen LogP contribution in [0, 0.1) is 0 Å². The van der Waals surface area contributed by atoms with E-state index in [1.54, 1.807) is 62.0 Å². The van der Waals surface area contributed by atoms with Crippen LogP contribution in [0.3, 0.4) is 0 Å². The number of benzene rings is 2. The molecule has 0 aliphatic carbocycles. The van der Waals surface area contributed by atoms with Crippen molar-refractivity contribution in [3.05, 3.63) is 83.7 Å². The van der Waals surface area contributed by atoms with Gasteiger partial charge in [0.1, 0.15) is 6.61 Å². The minimum absolute atomic E-state index is 0.121. The van der Waals surface area contributed by atoms with Gasteiger partial charge in [0.05, 0.1) is 12.9 Å². The zero-order valence-electron chi connectivity index (χ0n) is 16.7. The Labute approximate surface area is 175 Å². The summed E-state index contributed by atoms with van der Waals surface area (Å²) in [5, 5.41) is 2.80. The molecule has 0 fully saturated rings. The Bertz CT molecular complexity index is 1130. The zero-order chi connectivity index (χ0) is 21.6. The second-order valence-electron chi connectivity index (χ2n) is 6.73. The third-order valence-electron chi connectivity index (χ3n) is 4.18. The van der Waals surface area contributed by atoms with E-state index in [0.717, 1.165) is 11.8 Å². The highest BCUT2D eigenvalue weighted by Gasteiger charge is 2.12. The summed E-state index contributed by atoms with van der Waals surface area (Å²) in [6.45, 7) is 0.323. The molecule has 156 valence electrons. The van der Waals surface area contributed by atoms with Gasteiger partial charge in [-0.15, -0.1) is 0 Å². The smallest absolute Gasteiger partial charge is 0.255 e. The lowest BCUT2D eigenvalue weighted by Gasteiger charge is -2.13. The first-order valence-electron chi connectivity index (χ1n) is 9.12. The van der Waals surface area contributed by atoms with E-state index in [4.69, 9.17) is 9.47 Å². The van der Waals surface area contributed by atoms with Crippen molar-refractivity contribution in [3.63, 3.8) is 0 Å². The molecule has 0 radical (unpaired) electrons. The van der Waals surface area contributed by atoms with Gasteiger partial charge in [-0.1, -0.05) is 12.1 Å². The predicted octanol–water partition coefficient (Wildman–Crippen LogP) is 3.47. The number of anilines is 1. The molecule has 3 aromatic rings. The standard InChI is InChI=1S/C22H22N2O5S/c1-28-20-7-6-19(13-21(20)29-14-16-8-10-23-11-9-16)24-22(25)18-5-3-4-17(12-18)15-30(2,26)27/h3-13H,14-15H2,1-2H3,(H,24,25). The van der Waals surface area contributed by atoms with Crippen molar-refractivity contribution in [2.45, 2.75) is 12.4 Å². The van der Waals surface area contributed by atoms with Crippen LogP contribution in [0.2, 0.25) is 0 Å². The normalized spacial score (nSPS) is 11.0. The van der Waals surface area contributed by atoms with E-state index >= 15 is 0 Å². The second-order valence-corrected chi connectivity index (χ2v) is 8.87. The van der Waals surface area contributed by atoms with E-state index in [2.05, 4.69) is 10.3 Å². The van der Waals surface area contributed by atoms with E-state index in [0.29, 0.717) is 34.9 Å².